The molecular weight excluding hydrogens is 160 g/mol. The van der Waals surface area contributed by atoms with Crippen LogP contribution in [0.15, 0.2) is 18.2 Å². The van der Waals surface area contributed by atoms with Crippen molar-refractivity contribution in [2.24, 2.45) is 5.73 Å². The van der Waals surface area contributed by atoms with Crippen LogP contribution in [-0.4, -0.2) is 13.8 Å². The van der Waals surface area contributed by atoms with Crippen molar-refractivity contribution in [3.63, 3.8) is 0 Å². The van der Waals surface area contributed by atoms with E-state index in [-0.39, 0.29) is 10.6 Å². The summed E-state index contributed by atoms with van der Waals surface area (Å²) in [6.07, 6.45) is 0. The fourth-order valence-corrected chi connectivity index (χ4v) is 0.959. The Bertz CT molecular complexity index is 300. The molecule has 0 fully saturated rings. The van der Waals surface area contributed by atoms with Crippen LogP contribution in [0.4, 0.5) is 0 Å². The molecular formula is C7H5BClNO. The van der Waals surface area contributed by atoms with Crippen LogP contribution in [0.1, 0.15) is 10.4 Å². The van der Waals surface area contributed by atoms with E-state index < -0.39 is 5.91 Å². The van der Waals surface area contributed by atoms with E-state index in [1.54, 1.807) is 12.1 Å². The maximum absolute atomic E-state index is 10.7. The van der Waals surface area contributed by atoms with Crippen molar-refractivity contribution >= 4 is 30.8 Å². The molecule has 0 aliphatic heterocycles. The second kappa shape index (κ2) is 2.97. The minimum absolute atomic E-state index is 0.222. The lowest BCUT2D eigenvalue weighted by Gasteiger charge is -2.01. The van der Waals surface area contributed by atoms with Crippen LogP contribution in [0, 0.1) is 0 Å². The molecule has 1 aromatic carbocycles. The summed E-state index contributed by atoms with van der Waals surface area (Å²) in [5.74, 6) is -0.567. The van der Waals surface area contributed by atoms with Gasteiger partial charge in [0.05, 0.1) is 5.56 Å². The van der Waals surface area contributed by atoms with E-state index in [4.69, 9.17) is 25.2 Å². The van der Waals surface area contributed by atoms with E-state index in [1.807, 2.05) is 0 Å². The third-order valence-corrected chi connectivity index (χ3v) is 1.72. The molecule has 0 aliphatic carbocycles. The lowest BCUT2D eigenvalue weighted by Crippen LogP contribution is -2.16. The van der Waals surface area contributed by atoms with E-state index in [9.17, 15) is 4.79 Å². The number of nitrogens with two attached hydrogens (primary N) is 1. The van der Waals surface area contributed by atoms with Crippen LogP contribution in [0.5, 0.6) is 0 Å². The van der Waals surface area contributed by atoms with Crippen LogP contribution in [-0.2, 0) is 0 Å². The average Bonchev–Trinajstić information content (AvgIpc) is 1.94. The summed E-state index contributed by atoms with van der Waals surface area (Å²) in [4.78, 5) is 10.7. The predicted molar refractivity (Wildman–Crippen MR) is 45.4 cm³/mol. The third-order valence-electron chi connectivity index (χ3n) is 1.29. The Hall–Kier alpha value is -0.955. The Morgan fingerprint density at radius 1 is 1.55 bits per heavy atom. The second-order valence-electron chi connectivity index (χ2n) is 2.07. The van der Waals surface area contributed by atoms with Crippen LogP contribution in [0.2, 0.25) is 5.02 Å². The van der Waals surface area contributed by atoms with Gasteiger partial charge in [-0.1, -0.05) is 29.2 Å². The molecule has 0 aliphatic rings. The maximum Gasteiger partial charge on any atom is 0.250 e. The Kier molecular flexibility index (Phi) is 2.20. The molecule has 2 N–H and O–H groups in total. The summed E-state index contributed by atoms with van der Waals surface area (Å²) < 4.78 is 0. The number of benzene rings is 1. The first-order chi connectivity index (χ1) is 5.13. The number of hydrogen-bond acceptors (Lipinski definition) is 1. The van der Waals surface area contributed by atoms with Gasteiger partial charge in [-0.15, -0.1) is 0 Å². The van der Waals surface area contributed by atoms with Gasteiger partial charge in [-0.05, 0) is 6.07 Å². The summed E-state index contributed by atoms with van der Waals surface area (Å²) in [5, 5.41) is 0.222. The van der Waals surface area contributed by atoms with E-state index in [1.165, 1.54) is 6.07 Å². The highest BCUT2D eigenvalue weighted by molar-refractivity contribution is 6.46. The van der Waals surface area contributed by atoms with Gasteiger partial charge in [-0.2, -0.15) is 0 Å². The van der Waals surface area contributed by atoms with Gasteiger partial charge in [0.1, 0.15) is 7.85 Å². The minimum atomic E-state index is -0.567. The van der Waals surface area contributed by atoms with Gasteiger partial charge in [0.15, 0.2) is 0 Å². The number of hydrogen-bond donors (Lipinski definition) is 1. The Morgan fingerprint density at radius 2 is 2.18 bits per heavy atom. The average molecular weight is 165 g/mol. The van der Waals surface area contributed by atoms with Gasteiger partial charge in [0, 0.05) is 5.02 Å². The molecule has 0 heterocycles. The molecule has 4 heteroatoms. The smallest absolute Gasteiger partial charge is 0.250 e. The van der Waals surface area contributed by atoms with E-state index in [0.29, 0.717) is 5.46 Å². The number of halogens is 1. The molecule has 0 saturated carbocycles. The van der Waals surface area contributed by atoms with Crippen molar-refractivity contribution in [1.82, 2.24) is 0 Å². The summed E-state index contributed by atoms with van der Waals surface area (Å²) in [7, 11) is 5.42. The molecule has 2 radical (unpaired) electrons. The summed E-state index contributed by atoms with van der Waals surface area (Å²) in [6.45, 7) is 0. The number of amides is 1. The number of rotatable bonds is 1. The zero-order chi connectivity index (χ0) is 8.43. The highest BCUT2D eigenvalue weighted by Crippen LogP contribution is 2.10. The molecule has 0 saturated heterocycles. The first-order valence-electron chi connectivity index (χ1n) is 2.96. The van der Waals surface area contributed by atoms with Gasteiger partial charge >= 0.3 is 0 Å². The fourth-order valence-electron chi connectivity index (χ4n) is 0.740. The van der Waals surface area contributed by atoms with Crippen molar-refractivity contribution in [3.05, 3.63) is 28.8 Å². The van der Waals surface area contributed by atoms with E-state index in [0.717, 1.165) is 0 Å². The normalized spacial score (nSPS) is 9.55. The maximum atomic E-state index is 10.7. The van der Waals surface area contributed by atoms with Crippen molar-refractivity contribution in [3.8, 4) is 0 Å². The first kappa shape index (κ1) is 8.14. The summed E-state index contributed by atoms with van der Waals surface area (Å²) in [6, 6.07) is 4.76. The fraction of sp³-hybridized carbons (Fsp3) is 0. The van der Waals surface area contributed by atoms with Crippen molar-refractivity contribution in [2.45, 2.75) is 0 Å². The van der Waals surface area contributed by atoms with Crippen LogP contribution in [0.25, 0.3) is 0 Å². The molecule has 0 aromatic heterocycles. The summed E-state index contributed by atoms with van der Waals surface area (Å²) >= 11 is 5.66. The lowest BCUT2D eigenvalue weighted by atomic mass is 9.94. The largest absolute Gasteiger partial charge is 0.366 e. The highest BCUT2D eigenvalue weighted by atomic mass is 35.5. The van der Waals surface area contributed by atoms with Crippen LogP contribution >= 0.6 is 11.6 Å². The lowest BCUT2D eigenvalue weighted by molar-refractivity contribution is 0.100. The van der Waals surface area contributed by atoms with Gasteiger partial charge in [-0.3, -0.25) is 4.79 Å². The van der Waals surface area contributed by atoms with Crippen molar-refractivity contribution < 1.29 is 4.79 Å². The standard InChI is InChI=1S/C7H5BClNO/c8-5-3-1-2-4(6(5)9)7(10)11/h1-3H,(H2,10,11). The zero-order valence-electron chi connectivity index (χ0n) is 5.67. The van der Waals surface area contributed by atoms with E-state index in [2.05, 4.69) is 0 Å². The molecule has 0 unspecified atom stereocenters. The predicted octanol–water partition coefficient (Wildman–Crippen LogP) is 0.233. The third kappa shape index (κ3) is 1.55. The number of primary amides is 1. The molecule has 1 aromatic rings. The van der Waals surface area contributed by atoms with E-state index >= 15 is 0 Å². The molecule has 54 valence electrons. The summed E-state index contributed by atoms with van der Waals surface area (Å²) in [5.41, 5.74) is 5.62. The Balaban J connectivity index is 3.27. The first-order valence-corrected chi connectivity index (χ1v) is 3.34. The molecule has 1 rings (SSSR count). The molecule has 0 atom stereocenters. The van der Waals surface area contributed by atoms with Gasteiger partial charge in [0.2, 0.25) is 5.91 Å². The van der Waals surface area contributed by atoms with Gasteiger partial charge in [-0.25, -0.2) is 0 Å². The van der Waals surface area contributed by atoms with Crippen LogP contribution < -0.4 is 11.2 Å². The Labute approximate surface area is 70.8 Å². The van der Waals surface area contributed by atoms with Gasteiger partial charge in [0.25, 0.3) is 0 Å². The quantitative estimate of drug-likeness (QED) is 0.595. The molecule has 2 nitrogen and oxygen atoms in total. The zero-order valence-corrected chi connectivity index (χ0v) is 6.43. The topological polar surface area (TPSA) is 43.1 Å². The molecule has 1 amide bonds. The second-order valence-corrected chi connectivity index (χ2v) is 2.45. The monoisotopic (exact) mass is 165 g/mol. The van der Waals surface area contributed by atoms with Crippen LogP contribution in [0.3, 0.4) is 0 Å². The van der Waals surface area contributed by atoms with Crippen molar-refractivity contribution in [1.29, 1.82) is 0 Å². The SMILES string of the molecule is [B]c1cccc(C(N)=O)c1Cl. The number of carbonyl (C=O) groups excluding carboxylic acids is 1. The molecule has 0 bridgehead atoms. The van der Waals surface area contributed by atoms with Gasteiger partial charge < -0.3 is 5.73 Å². The van der Waals surface area contributed by atoms with Crippen molar-refractivity contribution in [2.75, 3.05) is 0 Å². The molecule has 11 heavy (non-hydrogen) atoms. The minimum Gasteiger partial charge on any atom is -0.366 e. The number of carbonyl (C=O) groups is 1. The Morgan fingerprint density at radius 3 is 2.64 bits per heavy atom. The highest BCUT2D eigenvalue weighted by Gasteiger charge is 2.06. The molecule has 0 spiro atoms.